The fourth-order valence-corrected chi connectivity index (χ4v) is 4.22. The number of amides is 1. The van der Waals surface area contributed by atoms with Crippen molar-refractivity contribution in [2.75, 3.05) is 23.3 Å². The van der Waals surface area contributed by atoms with Crippen LogP contribution in [-0.2, 0) is 4.79 Å². The number of anilines is 2. The minimum Gasteiger partial charge on any atom is -0.360 e. The van der Waals surface area contributed by atoms with Crippen LogP contribution in [0.3, 0.4) is 0 Å². The van der Waals surface area contributed by atoms with E-state index >= 15 is 0 Å². The monoisotopic (exact) mass is 389 g/mol. The molecule has 1 heterocycles. The van der Waals surface area contributed by atoms with Gasteiger partial charge in [0.05, 0.1) is 17.7 Å². The summed E-state index contributed by atoms with van der Waals surface area (Å²) >= 11 is 2.85. The van der Waals surface area contributed by atoms with Crippen LogP contribution < -0.4 is 10.2 Å². The Labute approximate surface area is 162 Å². The minimum absolute atomic E-state index is 0.0348. The van der Waals surface area contributed by atoms with Gasteiger partial charge in [0.2, 0.25) is 11.0 Å². The smallest absolute Gasteiger partial charge is 0.240 e. The zero-order valence-electron chi connectivity index (χ0n) is 15.2. The molecule has 2 rings (SSSR count). The van der Waals surface area contributed by atoms with Crippen LogP contribution >= 0.6 is 23.1 Å². The van der Waals surface area contributed by atoms with Crippen molar-refractivity contribution in [3.8, 4) is 6.07 Å². The third-order valence-electron chi connectivity index (χ3n) is 3.62. The van der Waals surface area contributed by atoms with Gasteiger partial charge in [-0.05, 0) is 32.4 Å². The average Bonchev–Trinajstić information content (AvgIpc) is 3.08. The second-order valence-corrected chi connectivity index (χ2v) is 8.36. The molecule has 1 unspecified atom stereocenters. The number of nitrogens with one attached hydrogen (secondary N) is 1. The Balaban J connectivity index is 2.07. The second kappa shape index (κ2) is 10.1. The average molecular weight is 390 g/mol. The van der Waals surface area contributed by atoms with E-state index in [0.29, 0.717) is 13.0 Å². The van der Waals surface area contributed by atoms with Gasteiger partial charge in [0.1, 0.15) is 0 Å². The second-order valence-electron chi connectivity index (χ2n) is 5.79. The van der Waals surface area contributed by atoms with Crippen LogP contribution in [0.5, 0.6) is 0 Å². The van der Waals surface area contributed by atoms with E-state index < -0.39 is 0 Å². The highest BCUT2D eigenvalue weighted by molar-refractivity contribution is 8.02. The predicted molar refractivity (Wildman–Crippen MR) is 108 cm³/mol. The number of nitrogens with zero attached hydrogens (tertiary/aromatic N) is 4. The first kappa shape index (κ1) is 20.2. The van der Waals surface area contributed by atoms with Crippen molar-refractivity contribution >= 4 is 39.8 Å². The largest absolute Gasteiger partial charge is 0.360 e. The van der Waals surface area contributed by atoms with Crippen LogP contribution in [-0.4, -0.2) is 34.4 Å². The van der Waals surface area contributed by atoms with Gasteiger partial charge in [-0.3, -0.25) is 4.79 Å². The number of aryl methyl sites for hydroxylation is 1. The van der Waals surface area contributed by atoms with Gasteiger partial charge in [-0.1, -0.05) is 47.7 Å². The fourth-order valence-electron chi connectivity index (χ4n) is 2.23. The number of rotatable bonds is 9. The highest BCUT2D eigenvalue weighted by atomic mass is 32.2. The van der Waals surface area contributed by atoms with Gasteiger partial charge >= 0.3 is 0 Å². The fraction of sp³-hybridized carbons (Fsp3) is 0.444. The van der Waals surface area contributed by atoms with Crippen molar-refractivity contribution in [1.82, 2.24) is 10.2 Å². The number of benzene rings is 1. The van der Waals surface area contributed by atoms with Crippen LogP contribution in [0.2, 0.25) is 0 Å². The quantitative estimate of drug-likeness (QED) is 0.650. The molecule has 0 saturated carbocycles. The molecule has 2 aromatic rings. The molecule has 6 nitrogen and oxygen atoms in total. The molecule has 26 heavy (non-hydrogen) atoms. The Morgan fingerprint density at radius 3 is 2.77 bits per heavy atom. The molecule has 0 spiro atoms. The van der Waals surface area contributed by atoms with Crippen molar-refractivity contribution in [3.05, 3.63) is 29.8 Å². The molecule has 1 atom stereocenters. The van der Waals surface area contributed by atoms with E-state index in [0.717, 1.165) is 33.7 Å². The van der Waals surface area contributed by atoms with Crippen molar-refractivity contribution in [3.63, 3.8) is 0 Å². The summed E-state index contributed by atoms with van der Waals surface area (Å²) in [5.74, 6) is -0.0348. The SMILES string of the molecule is CCCNc1nnc(SC(C)C(=O)N(CCC#N)c2ccc(C)cc2)s1. The van der Waals surface area contributed by atoms with E-state index in [2.05, 4.69) is 28.5 Å². The topological polar surface area (TPSA) is 81.9 Å². The maximum Gasteiger partial charge on any atom is 0.240 e. The highest BCUT2D eigenvalue weighted by Gasteiger charge is 2.24. The first-order chi connectivity index (χ1) is 12.5. The first-order valence-corrected chi connectivity index (χ1v) is 10.2. The number of hydrogen-bond acceptors (Lipinski definition) is 7. The lowest BCUT2D eigenvalue weighted by Crippen LogP contribution is -2.37. The third-order valence-corrected chi connectivity index (χ3v) is 5.67. The number of hydrogen-bond donors (Lipinski definition) is 1. The molecular weight excluding hydrogens is 366 g/mol. The summed E-state index contributed by atoms with van der Waals surface area (Å²) < 4.78 is 0.758. The number of carbonyl (C=O) groups excluding carboxylic acids is 1. The van der Waals surface area contributed by atoms with Crippen LogP contribution in [0.1, 0.15) is 32.3 Å². The lowest BCUT2D eigenvalue weighted by atomic mass is 10.2. The van der Waals surface area contributed by atoms with Gasteiger partial charge in [0.15, 0.2) is 4.34 Å². The lowest BCUT2D eigenvalue weighted by Gasteiger charge is -2.24. The number of thioether (sulfide) groups is 1. The van der Waals surface area contributed by atoms with E-state index in [-0.39, 0.29) is 11.2 Å². The van der Waals surface area contributed by atoms with Crippen molar-refractivity contribution in [1.29, 1.82) is 5.26 Å². The normalized spacial score (nSPS) is 11.6. The number of nitriles is 1. The van der Waals surface area contributed by atoms with Gasteiger partial charge in [-0.2, -0.15) is 5.26 Å². The Bertz CT molecular complexity index is 754. The van der Waals surface area contributed by atoms with Gasteiger partial charge in [0.25, 0.3) is 0 Å². The minimum atomic E-state index is -0.318. The summed E-state index contributed by atoms with van der Waals surface area (Å²) in [7, 11) is 0. The summed E-state index contributed by atoms with van der Waals surface area (Å²) in [6.45, 7) is 7.18. The van der Waals surface area contributed by atoms with E-state index in [9.17, 15) is 4.79 Å². The summed E-state index contributed by atoms with van der Waals surface area (Å²) in [5, 5.41) is 20.8. The van der Waals surface area contributed by atoms with Crippen LogP contribution in [0.15, 0.2) is 28.6 Å². The van der Waals surface area contributed by atoms with Crippen molar-refractivity contribution in [2.45, 2.75) is 43.2 Å². The van der Waals surface area contributed by atoms with Crippen molar-refractivity contribution in [2.24, 2.45) is 0 Å². The summed E-state index contributed by atoms with van der Waals surface area (Å²) in [6, 6.07) is 9.89. The maximum absolute atomic E-state index is 13.0. The lowest BCUT2D eigenvalue weighted by molar-refractivity contribution is -0.117. The summed E-state index contributed by atoms with van der Waals surface area (Å²) in [5.41, 5.74) is 1.94. The Morgan fingerprint density at radius 1 is 1.38 bits per heavy atom. The first-order valence-electron chi connectivity index (χ1n) is 8.54. The molecule has 0 fully saturated rings. The molecule has 0 aliphatic heterocycles. The van der Waals surface area contributed by atoms with Gasteiger partial charge < -0.3 is 10.2 Å². The standard InChI is InChI=1S/C18H23N5OS2/c1-4-11-20-17-21-22-18(26-17)25-14(3)16(24)23(12-5-10-19)15-8-6-13(2)7-9-15/h6-9,14H,4-5,11-12H2,1-3H3,(H,20,21). The van der Waals surface area contributed by atoms with Crippen LogP contribution in [0.4, 0.5) is 10.8 Å². The van der Waals surface area contributed by atoms with E-state index in [4.69, 9.17) is 5.26 Å². The molecule has 0 bridgehead atoms. The van der Waals surface area contributed by atoms with E-state index in [1.54, 1.807) is 4.90 Å². The molecule has 1 amide bonds. The van der Waals surface area contributed by atoms with Gasteiger partial charge in [-0.25, -0.2) is 0 Å². The van der Waals surface area contributed by atoms with Crippen LogP contribution in [0, 0.1) is 18.3 Å². The third kappa shape index (κ3) is 5.71. The summed E-state index contributed by atoms with van der Waals surface area (Å²) in [6.07, 6.45) is 1.31. The maximum atomic E-state index is 13.0. The van der Waals surface area contributed by atoms with Crippen LogP contribution in [0.25, 0.3) is 0 Å². The number of carbonyl (C=O) groups is 1. The molecule has 0 aliphatic carbocycles. The summed E-state index contributed by atoms with van der Waals surface area (Å²) in [4.78, 5) is 14.6. The highest BCUT2D eigenvalue weighted by Crippen LogP contribution is 2.30. The van der Waals surface area contributed by atoms with Crippen molar-refractivity contribution < 1.29 is 4.79 Å². The number of aromatic nitrogens is 2. The Kier molecular flexibility index (Phi) is 7.88. The Morgan fingerprint density at radius 2 is 2.12 bits per heavy atom. The molecule has 0 saturated heterocycles. The molecule has 138 valence electrons. The zero-order valence-corrected chi connectivity index (χ0v) is 16.9. The predicted octanol–water partition coefficient (Wildman–Crippen LogP) is 4.10. The van der Waals surface area contributed by atoms with Gasteiger partial charge in [0, 0.05) is 18.8 Å². The van der Waals surface area contributed by atoms with E-state index in [1.807, 2.05) is 38.1 Å². The molecule has 1 N–H and O–H groups in total. The Hall–Kier alpha value is -2.11. The molecule has 8 heteroatoms. The van der Waals surface area contributed by atoms with Gasteiger partial charge in [-0.15, -0.1) is 10.2 Å². The molecule has 0 radical (unpaired) electrons. The zero-order chi connectivity index (χ0) is 18.9. The molecule has 1 aromatic carbocycles. The molecular formula is C18H23N5OS2. The van der Waals surface area contributed by atoms with E-state index in [1.165, 1.54) is 23.1 Å². The molecule has 1 aromatic heterocycles. The molecule has 0 aliphatic rings.